The molecule has 0 fully saturated rings. The molecule has 25 heavy (non-hydrogen) atoms. The first-order chi connectivity index (χ1) is 11.6. The van der Waals surface area contributed by atoms with Crippen molar-refractivity contribution in [2.24, 2.45) is 0 Å². The van der Waals surface area contributed by atoms with Gasteiger partial charge >= 0.3 is 0 Å². The van der Waals surface area contributed by atoms with Crippen molar-refractivity contribution < 1.29 is 13.6 Å². The largest absolute Gasteiger partial charge is 0.329 e. The summed E-state index contributed by atoms with van der Waals surface area (Å²) in [6, 6.07) is 7.09. The Bertz CT molecular complexity index is 761. The highest BCUT2D eigenvalue weighted by Crippen LogP contribution is 2.25. The molecule has 1 aromatic heterocycles. The van der Waals surface area contributed by atoms with Crippen LogP contribution in [-0.2, 0) is 6.54 Å². The van der Waals surface area contributed by atoms with E-state index in [0.717, 1.165) is 11.8 Å². The molecule has 0 saturated carbocycles. The topological polar surface area (TPSA) is 46.1 Å². The van der Waals surface area contributed by atoms with Crippen molar-refractivity contribution in [1.82, 2.24) is 14.9 Å². The maximum atomic E-state index is 12.9. The zero-order chi connectivity index (χ0) is 18.8. The second-order valence-corrected chi connectivity index (χ2v) is 7.22. The molecule has 4 nitrogen and oxygen atoms in total. The van der Waals surface area contributed by atoms with Crippen molar-refractivity contribution in [1.29, 1.82) is 0 Å². The van der Waals surface area contributed by atoms with Crippen LogP contribution in [0.25, 0.3) is 0 Å². The average Bonchev–Trinajstić information content (AvgIpc) is 2.52. The number of amides is 1. The van der Waals surface area contributed by atoms with E-state index in [1.54, 1.807) is 17.0 Å². The fourth-order valence-electron chi connectivity index (χ4n) is 2.15. The number of aromatic nitrogens is 2. The maximum absolute atomic E-state index is 12.9. The van der Waals surface area contributed by atoms with Gasteiger partial charge in [0.1, 0.15) is 5.15 Å². The van der Waals surface area contributed by atoms with Crippen LogP contribution in [0, 0.1) is 0 Å². The van der Waals surface area contributed by atoms with Crippen LogP contribution in [0.4, 0.5) is 8.78 Å². The summed E-state index contributed by atoms with van der Waals surface area (Å²) >= 11 is 11.8. The number of rotatable bonds is 4. The van der Waals surface area contributed by atoms with Crippen LogP contribution < -0.4 is 0 Å². The zero-order valence-electron chi connectivity index (χ0n) is 13.9. The van der Waals surface area contributed by atoms with Gasteiger partial charge in [-0.1, -0.05) is 35.3 Å². The quantitative estimate of drug-likeness (QED) is 0.680. The summed E-state index contributed by atoms with van der Waals surface area (Å²) in [5.74, 6) is -1.14. The van der Waals surface area contributed by atoms with Crippen LogP contribution in [0.3, 0.4) is 0 Å². The Morgan fingerprint density at radius 1 is 1.20 bits per heavy atom. The lowest BCUT2D eigenvalue weighted by molar-refractivity contribution is 0.0557. The fraction of sp³-hybridized carbons (Fsp3) is 0.353. The maximum Gasteiger partial charge on any atom is 0.297 e. The summed E-state index contributed by atoms with van der Waals surface area (Å²) < 4.78 is 25.3. The van der Waals surface area contributed by atoms with Crippen molar-refractivity contribution in [3.63, 3.8) is 0 Å². The van der Waals surface area contributed by atoms with Crippen molar-refractivity contribution in [2.45, 2.75) is 39.3 Å². The molecule has 134 valence electrons. The van der Waals surface area contributed by atoms with E-state index < -0.39 is 23.7 Å². The molecule has 0 spiro atoms. The van der Waals surface area contributed by atoms with Gasteiger partial charge < -0.3 is 4.90 Å². The first-order valence-electron chi connectivity index (χ1n) is 7.46. The highest BCUT2D eigenvalue weighted by Gasteiger charge is 2.30. The Balaban J connectivity index is 2.35. The van der Waals surface area contributed by atoms with E-state index in [9.17, 15) is 13.6 Å². The lowest BCUT2D eigenvalue weighted by Gasteiger charge is -2.36. The Morgan fingerprint density at radius 2 is 1.80 bits per heavy atom. The molecule has 0 atom stereocenters. The number of hydrogen-bond donors (Lipinski definition) is 0. The van der Waals surface area contributed by atoms with Gasteiger partial charge in [0.2, 0.25) is 0 Å². The van der Waals surface area contributed by atoms with Crippen LogP contribution in [-0.4, -0.2) is 26.3 Å². The van der Waals surface area contributed by atoms with Gasteiger partial charge in [-0.2, -0.15) is 0 Å². The first-order valence-corrected chi connectivity index (χ1v) is 8.22. The third-order valence-corrected chi connectivity index (χ3v) is 4.04. The second kappa shape index (κ2) is 7.62. The van der Waals surface area contributed by atoms with Crippen LogP contribution >= 0.6 is 23.2 Å². The molecular formula is C17H17Cl2F2N3O. The Kier molecular flexibility index (Phi) is 5.95. The second-order valence-electron chi connectivity index (χ2n) is 6.42. The van der Waals surface area contributed by atoms with Gasteiger partial charge in [0.15, 0.2) is 5.82 Å². The van der Waals surface area contributed by atoms with E-state index >= 15 is 0 Å². The Labute approximate surface area is 154 Å². The summed E-state index contributed by atoms with van der Waals surface area (Å²) in [6.45, 7) is 5.89. The summed E-state index contributed by atoms with van der Waals surface area (Å²) in [4.78, 5) is 21.5. The predicted molar refractivity (Wildman–Crippen MR) is 93.1 cm³/mol. The highest BCUT2D eigenvalue weighted by atomic mass is 35.5. The Hall–Kier alpha value is -1.79. The minimum Gasteiger partial charge on any atom is -0.329 e. The normalized spacial score (nSPS) is 11.7. The van der Waals surface area contributed by atoms with Gasteiger partial charge in [-0.05, 0) is 38.5 Å². The van der Waals surface area contributed by atoms with Crippen LogP contribution in [0.1, 0.15) is 48.9 Å². The molecule has 8 heteroatoms. The first kappa shape index (κ1) is 19.5. The fourth-order valence-corrected chi connectivity index (χ4v) is 2.50. The van der Waals surface area contributed by atoms with E-state index in [1.807, 2.05) is 32.9 Å². The van der Waals surface area contributed by atoms with E-state index in [4.69, 9.17) is 23.2 Å². The van der Waals surface area contributed by atoms with Gasteiger partial charge in [0, 0.05) is 23.3 Å². The molecule has 0 aliphatic carbocycles. The minimum absolute atomic E-state index is 0.0186. The number of nitrogens with zero attached hydrogens (tertiary/aromatic N) is 3. The minimum atomic E-state index is -2.85. The molecular weight excluding hydrogens is 371 g/mol. The molecule has 0 bridgehead atoms. The molecule has 2 aromatic rings. The van der Waals surface area contributed by atoms with Gasteiger partial charge in [-0.15, -0.1) is 0 Å². The molecule has 0 unspecified atom stereocenters. The standard InChI is InChI=1S/C17H17Cl2F2N3O/c1-17(2,3)24(9-10-4-6-11(18)7-5-10)16(25)12-8-22-15(14(20)21)23-13(12)19/h4-8,14H,9H2,1-3H3. The van der Waals surface area contributed by atoms with E-state index in [1.165, 1.54) is 0 Å². The van der Waals surface area contributed by atoms with Gasteiger partial charge in [-0.25, -0.2) is 18.7 Å². The van der Waals surface area contributed by atoms with Crippen molar-refractivity contribution in [3.8, 4) is 0 Å². The SMILES string of the molecule is CC(C)(C)N(Cc1ccc(Cl)cc1)C(=O)c1cnc(C(F)F)nc1Cl. The zero-order valence-corrected chi connectivity index (χ0v) is 15.4. The molecule has 0 saturated heterocycles. The van der Waals surface area contributed by atoms with Crippen molar-refractivity contribution in [3.05, 3.63) is 57.6 Å². The third-order valence-electron chi connectivity index (χ3n) is 3.50. The van der Waals surface area contributed by atoms with Gasteiger partial charge in [0.05, 0.1) is 5.56 Å². The van der Waals surface area contributed by atoms with E-state index in [2.05, 4.69) is 9.97 Å². The number of halogens is 4. The molecule has 0 aliphatic rings. The molecule has 2 rings (SSSR count). The lowest BCUT2D eigenvalue weighted by atomic mass is 10.0. The van der Waals surface area contributed by atoms with Crippen LogP contribution in [0.2, 0.25) is 10.2 Å². The summed E-state index contributed by atoms with van der Waals surface area (Å²) in [6.07, 6.45) is -1.81. The van der Waals surface area contributed by atoms with Crippen LogP contribution in [0.5, 0.6) is 0 Å². The monoisotopic (exact) mass is 387 g/mol. The smallest absolute Gasteiger partial charge is 0.297 e. The number of hydrogen-bond acceptors (Lipinski definition) is 3. The van der Waals surface area contributed by atoms with Gasteiger partial charge in [0.25, 0.3) is 12.3 Å². The number of carbonyl (C=O) groups is 1. The highest BCUT2D eigenvalue weighted by molar-refractivity contribution is 6.32. The average molecular weight is 388 g/mol. The molecule has 0 aliphatic heterocycles. The summed E-state index contributed by atoms with van der Waals surface area (Å²) in [5, 5.41) is 0.303. The Morgan fingerprint density at radius 3 is 2.28 bits per heavy atom. The van der Waals surface area contributed by atoms with Crippen molar-refractivity contribution in [2.75, 3.05) is 0 Å². The summed E-state index contributed by atoms with van der Waals surface area (Å²) in [5.41, 5.74) is 0.311. The van der Waals surface area contributed by atoms with E-state index in [0.29, 0.717) is 11.6 Å². The molecule has 1 aromatic carbocycles. The predicted octanol–water partition coefficient (Wildman–Crippen LogP) is 5.16. The number of alkyl halides is 2. The third kappa shape index (κ3) is 4.86. The summed E-state index contributed by atoms with van der Waals surface area (Å²) in [7, 11) is 0. The number of benzene rings is 1. The number of carbonyl (C=O) groups excluding carboxylic acids is 1. The molecule has 1 amide bonds. The molecule has 0 N–H and O–H groups in total. The molecule has 1 heterocycles. The van der Waals surface area contributed by atoms with Crippen molar-refractivity contribution >= 4 is 29.1 Å². The lowest BCUT2D eigenvalue weighted by Crippen LogP contribution is -2.45. The van der Waals surface area contributed by atoms with E-state index in [-0.39, 0.29) is 10.7 Å². The molecule has 0 radical (unpaired) electrons. The van der Waals surface area contributed by atoms with Gasteiger partial charge in [-0.3, -0.25) is 4.79 Å². The van der Waals surface area contributed by atoms with Crippen LogP contribution in [0.15, 0.2) is 30.5 Å².